The number of rotatable bonds is 3. The second-order valence-corrected chi connectivity index (χ2v) is 4.85. The maximum atomic E-state index is 14.1. The number of piperidine rings is 1. The van der Waals surface area contributed by atoms with Crippen LogP contribution in [0.2, 0.25) is 0 Å². The molecular weight excluding hydrogens is 203 g/mol. The van der Waals surface area contributed by atoms with Crippen LogP contribution in [0.1, 0.15) is 40.0 Å². The Hall–Kier alpha value is -0.150. The van der Waals surface area contributed by atoms with Gasteiger partial charge in [-0.3, -0.25) is 4.90 Å². The molecule has 0 aliphatic carbocycles. The second-order valence-electron chi connectivity index (χ2n) is 4.85. The molecule has 0 saturated carbocycles. The Morgan fingerprint density at radius 1 is 1.25 bits per heavy atom. The van der Waals surface area contributed by atoms with E-state index < -0.39 is 5.67 Å². The summed E-state index contributed by atoms with van der Waals surface area (Å²) in [4.78, 5) is 2.18. The first-order valence-electron chi connectivity index (χ1n) is 6.84. The minimum absolute atomic E-state index is 0.625. The van der Waals surface area contributed by atoms with Crippen molar-refractivity contribution in [3.63, 3.8) is 0 Å². The Morgan fingerprint density at radius 2 is 1.81 bits per heavy atom. The molecule has 2 nitrogen and oxygen atoms in total. The van der Waals surface area contributed by atoms with Crippen LogP contribution in [-0.4, -0.2) is 43.3 Å². The van der Waals surface area contributed by atoms with E-state index in [-0.39, 0.29) is 0 Å². The van der Waals surface area contributed by atoms with E-state index in [2.05, 4.69) is 17.1 Å². The number of likely N-dealkylation sites (tertiary alicyclic amines) is 1. The van der Waals surface area contributed by atoms with Gasteiger partial charge in [-0.2, -0.15) is 0 Å². The molecule has 0 bridgehead atoms. The molecule has 0 aromatic carbocycles. The second kappa shape index (κ2) is 6.55. The summed E-state index contributed by atoms with van der Waals surface area (Å²) >= 11 is 0. The first kappa shape index (κ1) is 13.9. The Labute approximate surface area is 99.6 Å². The van der Waals surface area contributed by atoms with Gasteiger partial charge >= 0.3 is 0 Å². The van der Waals surface area contributed by atoms with Crippen LogP contribution in [0.5, 0.6) is 0 Å². The summed E-state index contributed by atoms with van der Waals surface area (Å²) in [5, 5.41) is 3.32. The number of alkyl halides is 1. The fraction of sp³-hybridized carbons (Fsp3) is 1.00. The summed E-state index contributed by atoms with van der Waals surface area (Å²) in [5.74, 6) is 0.625. The molecule has 0 atom stereocenters. The monoisotopic (exact) mass is 230 g/mol. The molecule has 0 amide bonds. The zero-order valence-electron chi connectivity index (χ0n) is 11.1. The van der Waals surface area contributed by atoms with Gasteiger partial charge in [0.1, 0.15) is 5.67 Å². The molecular formula is C13H27FN2. The highest BCUT2D eigenvalue weighted by molar-refractivity contribution is 4.97. The van der Waals surface area contributed by atoms with Crippen LogP contribution in [0.15, 0.2) is 0 Å². The predicted octanol–water partition coefficient (Wildman–Crippen LogP) is 2.45. The van der Waals surface area contributed by atoms with Crippen molar-refractivity contribution in [2.45, 2.75) is 45.7 Å². The number of halogens is 1. The third-order valence-electron chi connectivity index (χ3n) is 3.57. The first-order valence-corrected chi connectivity index (χ1v) is 6.84. The lowest BCUT2D eigenvalue weighted by Gasteiger charge is -2.46. The average molecular weight is 230 g/mol. The van der Waals surface area contributed by atoms with Crippen molar-refractivity contribution in [1.82, 2.24) is 10.2 Å². The molecule has 2 saturated heterocycles. The number of nitrogens with zero attached hydrogens (tertiary/aromatic N) is 1. The van der Waals surface area contributed by atoms with Crippen LogP contribution in [0.4, 0.5) is 4.39 Å². The van der Waals surface area contributed by atoms with E-state index in [9.17, 15) is 4.39 Å². The van der Waals surface area contributed by atoms with Crippen molar-refractivity contribution in [2.24, 2.45) is 5.92 Å². The van der Waals surface area contributed by atoms with E-state index >= 15 is 0 Å². The predicted molar refractivity (Wildman–Crippen MR) is 67.5 cm³/mol. The summed E-state index contributed by atoms with van der Waals surface area (Å²) in [5.41, 5.74) is -0.849. The molecule has 2 aliphatic heterocycles. The van der Waals surface area contributed by atoms with E-state index in [1.807, 2.05) is 13.8 Å². The number of hydrogen-bond donors (Lipinski definition) is 1. The molecule has 0 unspecified atom stereocenters. The smallest absolute Gasteiger partial charge is 0.136 e. The molecule has 0 radical (unpaired) electrons. The zero-order chi connectivity index (χ0) is 12.0. The molecule has 96 valence electrons. The van der Waals surface area contributed by atoms with Crippen molar-refractivity contribution in [1.29, 1.82) is 0 Å². The molecule has 0 aromatic heterocycles. The van der Waals surface area contributed by atoms with Crippen molar-refractivity contribution in [3.05, 3.63) is 0 Å². The van der Waals surface area contributed by atoms with Gasteiger partial charge in [0, 0.05) is 13.1 Å². The van der Waals surface area contributed by atoms with Gasteiger partial charge in [0.2, 0.25) is 0 Å². The minimum atomic E-state index is -0.849. The highest BCUT2D eigenvalue weighted by atomic mass is 19.1. The van der Waals surface area contributed by atoms with E-state index in [4.69, 9.17) is 0 Å². The van der Waals surface area contributed by atoms with Gasteiger partial charge in [-0.25, -0.2) is 4.39 Å². The highest BCUT2D eigenvalue weighted by Gasteiger charge is 2.43. The Bertz CT molecular complexity index is 184. The van der Waals surface area contributed by atoms with Crippen LogP contribution in [0.3, 0.4) is 0 Å². The van der Waals surface area contributed by atoms with Gasteiger partial charge in [0.05, 0.1) is 0 Å². The largest absolute Gasteiger partial charge is 0.317 e. The van der Waals surface area contributed by atoms with E-state index in [1.165, 1.54) is 0 Å². The van der Waals surface area contributed by atoms with Gasteiger partial charge in [0.15, 0.2) is 0 Å². The van der Waals surface area contributed by atoms with E-state index in [0.29, 0.717) is 19.0 Å². The molecule has 2 aliphatic rings. The van der Waals surface area contributed by atoms with Gasteiger partial charge in [-0.1, -0.05) is 20.8 Å². The lowest BCUT2D eigenvalue weighted by Crippen LogP contribution is -2.59. The third-order valence-corrected chi connectivity index (χ3v) is 3.57. The molecule has 16 heavy (non-hydrogen) atoms. The molecule has 0 spiro atoms. The summed E-state index contributed by atoms with van der Waals surface area (Å²) in [7, 11) is 0. The van der Waals surface area contributed by atoms with Gasteiger partial charge in [-0.15, -0.1) is 0 Å². The Kier molecular flexibility index (Phi) is 5.70. The average Bonchev–Trinajstić information content (AvgIpc) is 2.29. The van der Waals surface area contributed by atoms with Gasteiger partial charge < -0.3 is 5.32 Å². The van der Waals surface area contributed by atoms with Crippen molar-refractivity contribution in [2.75, 3.05) is 32.7 Å². The molecule has 2 heterocycles. The lowest BCUT2D eigenvalue weighted by atomic mass is 9.82. The van der Waals surface area contributed by atoms with E-state index in [0.717, 1.165) is 38.9 Å². The maximum Gasteiger partial charge on any atom is 0.136 e. The highest BCUT2D eigenvalue weighted by Crippen LogP contribution is 2.34. The van der Waals surface area contributed by atoms with Crippen LogP contribution in [-0.2, 0) is 0 Å². The summed E-state index contributed by atoms with van der Waals surface area (Å²) in [6.07, 6.45) is 3.13. The first-order chi connectivity index (χ1) is 7.72. The number of hydrogen-bond acceptors (Lipinski definition) is 2. The number of nitrogens with one attached hydrogen (secondary N) is 1. The van der Waals surface area contributed by atoms with Crippen LogP contribution >= 0.6 is 0 Å². The third kappa shape index (κ3) is 3.70. The Balaban J connectivity index is 0.000000606. The van der Waals surface area contributed by atoms with Crippen molar-refractivity contribution in [3.8, 4) is 0 Å². The van der Waals surface area contributed by atoms with Crippen LogP contribution in [0, 0.1) is 5.92 Å². The molecule has 0 aromatic rings. The van der Waals surface area contributed by atoms with Crippen molar-refractivity contribution >= 4 is 0 Å². The summed E-state index contributed by atoms with van der Waals surface area (Å²) < 4.78 is 14.1. The lowest BCUT2D eigenvalue weighted by molar-refractivity contribution is -0.0475. The molecule has 2 rings (SSSR count). The standard InChI is InChI=1S/C11H21FN2.C2H6/c1-2-14-8-11(12,9-14)7-10-3-5-13-6-4-10;1-2/h10,13H,2-9H2,1H3;1-2H3. The van der Waals surface area contributed by atoms with Gasteiger partial charge in [-0.05, 0) is 44.8 Å². The Morgan fingerprint density at radius 3 is 2.31 bits per heavy atom. The SMILES string of the molecule is CC.CCN1CC(F)(CC2CCNCC2)C1. The summed E-state index contributed by atoms with van der Waals surface area (Å²) in [6.45, 7) is 10.6. The minimum Gasteiger partial charge on any atom is -0.317 e. The molecule has 1 N–H and O–H groups in total. The molecule has 3 heteroatoms. The van der Waals surface area contributed by atoms with Gasteiger partial charge in [0.25, 0.3) is 0 Å². The fourth-order valence-corrected chi connectivity index (χ4v) is 2.71. The normalized spacial score (nSPS) is 25.5. The van der Waals surface area contributed by atoms with E-state index in [1.54, 1.807) is 0 Å². The molecule has 2 fully saturated rings. The zero-order valence-corrected chi connectivity index (χ0v) is 11.1. The van der Waals surface area contributed by atoms with Crippen LogP contribution in [0.25, 0.3) is 0 Å². The summed E-state index contributed by atoms with van der Waals surface area (Å²) in [6, 6.07) is 0. The quantitative estimate of drug-likeness (QED) is 0.801. The fourth-order valence-electron chi connectivity index (χ4n) is 2.71. The topological polar surface area (TPSA) is 15.3 Å². The van der Waals surface area contributed by atoms with Crippen molar-refractivity contribution < 1.29 is 4.39 Å². The maximum absolute atomic E-state index is 14.1. The van der Waals surface area contributed by atoms with Crippen LogP contribution < -0.4 is 5.32 Å².